The van der Waals surface area contributed by atoms with E-state index < -0.39 is 0 Å². The maximum absolute atomic E-state index is 11.8. The van der Waals surface area contributed by atoms with Gasteiger partial charge in [-0.1, -0.05) is 35.2 Å². The predicted octanol–water partition coefficient (Wildman–Crippen LogP) is 1.56. The van der Waals surface area contributed by atoms with Crippen LogP contribution in [0.4, 0.5) is 5.13 Å². The van der Waals surface area contributed by atoms with E-state index in [1.165, 1.54) is 23.1 Å². The molecule has 0 spiro atoms. The van der Waals surface area contributed by atoms with E-state index in [-0.39, 0.29) is 12.0 Å². The quantitative estimate of drug-likeness (QED) is 0.761. The smallest absolute Gasteiger partial charge is 0.230 e. The first-order chi connectivity index (χ1) is 11.2. The van der Waals surface area contributed by atoms with Crippen molar-refractivity contribution in [3.8, 4) is 11.5 Å². The molecule has 7 nitrogen and oxygen atoms in total. The second-order valence-corrected chi connectivity index (χ2v) is 7.06. The number of ether oxygens (including phenoxy) is 2. The first-order valence-electron chi connectivity index (χ1n) is 7.07. The summed E-state index contributed by atoms with van der Waals surface area (Å²) in [7, 11) is 0. The van der Waals surface area contributed by atoms with Crippen molar-refractivity contribution >= 4 is 34.1 Å². The van der Waals surface area contributed by atoms with Crippen molar-refractivity contribution in [2.24, 2.45) is 0 Å². The Balaban J connectivity index is 1.36. The van der Waals surface area contributed by atoms with Crippen molar-refractivity contribution in [3.63, 3.8) is 0 Å². The van der Waals surface area contributed by atoms with Crippen LogP contribution >= 0.6 is 23.1 Å². The van der Waals surface area contributed by atoms with Gasteiger partial charge in [0.15, 0.2) is 15.8 Å². The highest BCUT2D eigenvalue weighted by Crippen LogP contribution is 2.31. The molecular formula is C14H16N4O3S2. The van der Waals surface area contributed by atoms with Gasteiger partial charge in [0.25, 0.3) is 0 Å². The van der Waals surface area contributed by atoms with E-state index in [1.54, 1.807) is 0 Å². The number of rotatable bonds is 6. The summed E-state index contributed by atoms with van der Waals surface area (Å²) in [4.78, 5) is 11.8. The highest BCUT2D eigenvalue weighted by atomic mass is 32.2. The average Bonchev–Trinajstić information content (AvgIpc) is 2.98. The van der Waals surface area contributed by atoms with Crippen LogP contribution in [-0.2, 0) is 4.79 Å². The van der Waals surface area contributed by atoms with Gasteiger partial charge in [0, 0.05) is 13.0 Å². The Bertz CT molecular complexity index is 680. The lowest BCUT2D eigenvalue weighted by Gasteiger charge is -2.26. The van der Waals surface area contributed by atoms with Crippen molar-refractivity contribution in [3.05, 3.63) is 24.3 Å². The van der Waals surface area contributed by atoms with E-state index in [0.717, 1.165) is 11.5 Å². The molecule has 122 valence electrons. The van der Waals surface area contributed by atoms with Crippen LogP contribution in [-0.4, -0.2) is 41.1 Å². The maximum atomic E-state index is 11.8. The summed E-state index contributed by atoms with van der Waals surface area (Å²) in [6.45, 7) is 1.03. The fourth-order valence-corrected chi connectivity index (χ4v) is 3.50. The molecule has 0 radical (unpaired) electrons. The molecular weight excluding hydrogens is 336 g/mol. The van der Waals surface area contributed by atoms with Crippen LogP contribution in [0.15, 0.2) is 28.6 Å². The number of thioether (sulfide) groups is 1. The Kier molecular flexibility index (Phi) is 5.19. The van der Waals surface area contributed by atoms with Gasteiger partial charge in [-0.2, -0.15) is 0 Å². The number of nitrogen functional groups attached to an aromatic ring is 1. The lowest BCUT2D eigenvalue weighted by atomic mass is 10.2. The fraction of sp³-hybridized carbons (Fsp3) is 0.357. The molecule has 3 rings (SSSR count). The Hall–Kier alpha value is -2.00. The lowest BCUT2D eigenvalue weighted by molar-refractivity contribution is -0.118. The number of amides is 1. The third kappa shape index (κ3) is 4.49. The number of anilines is 1. The summed E-state index contributed by atoms with van der Waals surface area (Å²) < 4.78 is 12.2. The van der Waals surface area contributed by atoms with Gasteiger partial charge in [-0.3, -0.25) is 4.79 Å². The number of nitrogens with two attached hydrogens (primary N) is 1. The Morgan fingerprint density at radius 2 is 2.22 bits per heavy atom. The molecule has 0 saturated heterocycles. The summed E-state index contributed by atoms with van der Waals surface area (Å²) in [6, 6.07) is 7.57. The molecule has 0 fully saturated rings. The zero-order chi connectivity index (χ0) is 16.1. The molecule has 0 aliphatic carbocycles. The van der Waals surface area contributed by atoms with Gasteiger partial charge in [0.05, 0.1) is 5.75 Å². The summed E-state index contributed by atoms with van der Waals surface area (Å²) >= 11 is 2.59. The molecule has 2 heterocycles. The first-order valence-corrected chi connectivity index (χ1v) is 8.88. The predicted molar refractivity (Wildman–Crippen MR) is 89.0 cm³/mol. The number of aromatic nitrogens is 2. The van der Waals surface area contributed by atoms with Crippen molar-refractivity contribution in [1.82, 2.24) is 15.5 Å². The molecule has 1 amide bonds. The molecule has 0 saturated carbocycles. The van der Waals surface area contributed by atoms with Gasteiger partial charge in [-0.05, 0) is 12.1 Å². The van der Waals surface area contributed by atoms with Crippen molar-refractivity contribution in [1.29, 1.82) is 0 Å². The lowest BCUT2D eigenvalue weighted by Crippen LogP contribution is -2.34. The van der Waals surface area contributed by atoms with Crippen LogP contribution < -0.4 is 20.5 Å². The number of carbonyl (C=O) groups excluding carboxylic acids is 1. The van der Waals surface area contributed by atoms with Gasteiger partial charge in [0.1, 0.15) is 12.7 Å². The maximum Gasteiger partial charge on any atom is 0.230 e. The van der Waals surface area contributed by atoms with Gasteiger partial charge < -0.3 is 20.5 Å². The van der Waals surface area contributed by atoms with Crippen molar-refractivity contribution in [2.45, 2.75) is 16.9 Å². The molecule has 0 bridgehead atoms. The standard InChI is InChI=1S/C14H16N4O3S2/c15-13-17-18-14(23-13)22-8-12(19)16-6-5-9-7-20-10-3-1-2-4-11(10)21-9/h1-4,9H,5-8H2,(H2,15,17)(H,16,19)/t9-/m1/s1. The fourth-order valence-electron chi connectivity index (χ4n) is 2.03. The average molecular weight is 352 g/mol. The second kappa shape index (κ2) is 7.51. The molecule has 1 aliphatic heterocycles. The number of benzene rings is 1. The Morgan fingerprint density at radius 1 is 1.39 bits per heavy atom. The van der Waals surface area contributed by atoms with Crippen LogP contribution in [0.1, 0.15) is 6.42 Å². The van der Waals surface area contributed by atoms with E-state index in [1.807, 2.05) is 24.3 Å². The molecule has 1 aromatic heterocycles. The third-order valence-electron chi connectivity index (χ3n) is 3.10. The first kappa shape index (κ1) is 15.9. The molecule has 3 N–H and O–H groups in total. The zero-order valence-electron chi connectivity index (χ0n) is 12.2. The van der Waals surface area contributed by atoms with Crippen molar-refractivity contribution in [2.75, 3.05) is 24.6 Å². The minimum atomic E-state index is -0.0548. The number of carbonyl (C=O) groups is 1. The molecule has 2 aromatic rings. The highest BCUT2D eigenvalue weighted by Gasteiger charge is 2.20. The van der Waals surface area contributed by atoms with Gasteiger partial charge in [-0.15, -0.1) is 10.2 Å². The van der Waals surface area contributed by atoms with E-state index in [2.05, 4.69) is 15.5 Å². The summed E-state index contributed by atoms with van der Waals surface area (Å²) in [6.07, 6.45) is 0.636. The Morgan fingerprint density at radius 3 is 3.00 bits per heavy atom. The molecule has 23 heavy (non-hydrogen) atoms. The van der Waals surface area contributed by atoms with Gasteiger partial charge >= 0.3 is 0 Å². The van der Waals surface area contributed by atoms with E-state index in [4.69, 9.17) is 15.2 Å². The van der Waals surface area contributed by atoms with E-state index in [9.17, 15) is 4.79 Å². The van der Waals surface area contributed by atoms with Crippen LogP contribution in [0.2, 0.25) is 0 Å². The number of para-hydroxylation sites is 2. The van der Waals surface area contributed by atoms with E-state index in [0.29, 0.717) is 34.8 Å². The van der Waals surface area contributed by atoms with Crippen LogP contribution in [0.25, 0.3) is 0 Å². The minimum Gasteiger partial charge on any atom is -0.486 e. The zero-order valence-corrected chi connectivity index (χ0v) is 13.9. The third-order valence-corrected chi connectivity index (χ3v) is 4.99. The van der Waals surface area contributed by atoms with Crippen LogP contribution in [0, 0.1) is 0 Å². The van der Waals surface area contributed by atoms with Crippen molar-refractivity contribution < 1.29 is 14.3 Å². The SMILES string of the molecule is Nc1nnc(SCC(=O)NCC[C@@H]2COc3ccccc3O2)s1. The number of nitrogens with zero attached hydrogens (tertiary/aromatic N) is 2. The second-order valence-electron chi connectivity index (χ2n) is 4.83. The molecule has 1 aromatic carbocycles. The normalized spacial score (nSPS) is 16.1. The van der Waals surface area contributed by atoms with Crippen LogP contribution in [0.3, 0.4) is 0 Å². The largest absolute Gasteiger partial charge is 0.486 e. The highest BCUT2D eigenvalue weighted by molar-refractivity contribution is 8.01. The number of nitrogens with one attached hydrogen (secondary N) is 1. The summed E-state index contributed by atoms with van der Waals surface area (Å²) in [5, 5.41) is 10.8. The summed E-state index contributed by atoms with van der Waals surface area (Å²) in [5.74, 6) is 1.75. The molecule has 1 aliphatic rings. The minimum absolute atomic E-state index is 0.0547. The van der Waals surface area contributed by atoms with Crippen LogP contribution in [0.5, 0.6) is 11.5 Å². The number of hydrogen-bond donors (Lipinski definition) is 2. The van der Waals surface area contributed by atoms with Gasteiger partial charge in [-0.25, -0.2) is 0 Å². The van der Waals surface area contributed by atoms with E-state index >= 15 is 0 Å². The number of hydrogen-bond acceptors (Lipinski definition) is 8. The Labute approximate surface area is 141 Å². The van der Waals surface area contributed by atoms with Gasteiger partial charge in [0.2, 0.25) is 11.0 Å². The number of fused-ring (bicyclic) bond motifs is 1. The monoisotopic (exact) mass is 352 g/mol. The summed E-state index contributed by atoms with van der Waals surface area (Å²) in [5.41, 5.74) is 5.49. The molecule has 1 atom stereocenters. The molecule has 9 heteroatoms. The topological polar surface area (TPSA) is 99.4 Å². The molecule has 0 unspecified atom stereocenters.